The number of aliphatic hydroxyl groups is 2. The molecule has 0 radical (unpaired) electrons. The van der Waals surface area contributed by atoms with Gasteiger partial charge in [0.1, 0.15) is 23.9 Å². The third-order valence-corrected chi connectivity index (χ3v) is 12.0. The standard InChI is InChI=1S/C43H53NO6S/c1-5-24-47-43-40(51-34-15-8-7-9-16-34)28-38(44-48-6-2)36-26-31(14-10-12-22-45)35(17-11-13-23-46)41(42(36)43)37-27-33(20-21-39(37)50-43)49-32-19-18-29(3)30(4)25-32/h5,7-9,15-16,18-21,25-27,31,35,40-42,45-46H,1,6,10-14,17,22-24,28H2,2-4H3. The molecule has 3 aliphatic rings. The third kappa shape index (κ3) is 8.10. The normalized spacial score (nSPS) is 25.7. The van der Waals surface area contributed by atoms with Gasteiger partial charge in [-0.25, -0.2) is 0 Å². The van der Waals surface area contributed by atoms with Crippen LogP contribution in [0.1, 0.15) is 74.5 Å². The Morgan fingerprint density at radius 1 is 0.941 bits per heavy atom. The fourth-order valence-electron chi connectivity index (χ4n) is 8.21. The number of ether oxygens (including phenoxy) is 3. The highest BCUT2D eigenvalue weighted by Gasteiger charge is 2.64. The molecule has 2 N–H and O–H groups in total. The number of oxime groups is 1. The van der Waals surface area contributed by atoms with E-state index < -0.39 is 5.79 Å². The Bertz CT molecular complexity index is 1690. The first kappa shape index (κ1) is 37.2. The first-order chi connectivity index (χ1) is 24.9. The van der Waals surface area contributed by atoms with E-state index in [9.17, 15) is 10.2 Å². The minimum absolute atomic E-state index is 0.00527. The molecule has 1 aliphatic heterocycles. The molecular weight excluding hydrogens is 659 g/mol. The topological polar surface area (TPSA) is 89.7 Å². The molecule has 7 nitrogen and oxygen atoms in total. The van der Waals surface area contributed by atoms with Crippen LogP contribution in [0.2, 0.25) is 0 Å². The molecule has 1 saturated carbocycles. The second-order valence-electron chi connectivity index (χ2n) is 13.9. The van der Waals surface area contributed by atoms with Crippen molar-refractivity contribution < 1.29 is 29.3 Å². The zero-order valence-corrected chi connectivity index (χ0v) is 31.1. The molecule has 1 fully saturated rings. The molecule has 6 rings (SSSR count). The maximum absolute atomic E-state index is 9.86. The van der Waals surface area contributed by atoms with Crippen LogP contribution in [0.25, 0.3) is 0 Å². The van der Waals surface area contributed by atoms with Gasteiger partial charge < -0.3 is 29.3 Å². The van der Waals surface area contributed by atoms with E-state index in [0.29, 0.717) is 19.6 Å². The molecular formula is C43H53NO6S. The van der Waals surface area contributed by atoms with Crippen molar-refractivity contribution in [3.8, 4) is 17.2 Å². The number of hydrogen-bond acceptors (Lipinski definition) is 8. The van der Waals surface area contributed by atoms with Crippen molar-refractivity contribution >= 4 is 17.5 Å². The molecule has 0 saturated heterocycles. The zero-order valence-electron chi connectivity index (χ0n) is 30.3. The van der Waals surface area contributed by atoms with E-state index in [1.807, 2.05) is 25.1 Å². The fourth-order valence-corrected chi connectivity index (χ4v) is 9.52. The summed E-state index contributed by atoms with van der Waals surface area (Å²) in [5, 5.41) is 24.3. The van der Waals surface area contributed by atoms with Crippen LogP contribution < -0.4 is 9.47 Å². The van der Waals surface area contributed by atoms with Gasteiger partial charge in [-0.15, -0.1) is 18.3 Å². The summed E-state index contributed by atoms with van der Waals surface area (Å²) in [6.45, 7) is 11.4. The monoisotopic (exact) mass is 711 g/mol. The van der Waals surface area contributed by atoms with Crippen molar-refractivity contribution in [3.05, 3.63) is 108 Å². The number of thioether (sulfide) groups is 1. The Balaban J connectivity index is 1.55. The van der Waals surface area contributed by atoms with Gasteiger partial charge in [-0.05, 0) is 117 Å². The number of unbranched alkanes of at least 4 members (excludes halogenated alkanes) is 2. The number of aryl methyl sites for hydroxylation is 2. The van der Waals surface area contributed by atoms with Gasteiger partial charge in [0.25, 0.3) is 0 Å². The zero-order chi connectivity index (χ0) is 35.8. The van der Waals surface area contributed by atoms with Crippen LogP contribution in [-0.4, -0.2) is 53.4 Å². The van der Waals surface area contributed by atoms with Crippen LogP contribution in [0.15, 0.2) is 101 Å². The molecule has 6 atom stereocenters. The van der Waals surface area contributed by atoms with Crippen molar-refractivity contribution in [2.24, 2.45) is 22.9 Å². The summed E-state index contributed by atoms with van der Waals surface area (Å²) < 4.78 is 20.8. The number of rotatable bonds is 17. The average Bonchev–Trinajstić information content (AvgIpc) is 3.14. The SMILES string of the molecule is C=CCOC12Oc3ccc(Oc4ccc(C)c(C)c4)cc3C3C(CCCCO)C(CCCCO)C=C(C(=NOCC)CC1Sc1ccccc1)C32. The molecule has 1 heterocycles. The predicted molar refractivity (Wildman–Crippen MR) is 205 cm³/mol. The molecule has 0 spiro atoms. The molecule has 0 aromatic heterocycles. The number of nitrogens with zero attached hydrogens (tertiary/aromatic N) is 1. The molecule has 8 heteroatoms. The minimum Gasteiger partial charge on any atom is -0.460 e. The summed E-state index contributed by atoms with van der Waals surface area (Å²) >= 11 is 1.76. The number of fused-ring (bicyclic) bond motifs is 2. The van der Waals surface area contributed by atoms with E-state index >= 15 is 0 Å². The number of benzene rings is 3. The van der Waals surface area contributed by atoms with E-state index in [1.165, 1.54) is 11.1 Å². The summed E-state index contributed by atoms with van der Waals surface area (Å²) in [6, 6.07) is 22.9. The molecule has 3 aromatic carbocycles. The van der Waals surface area contributed by atoms with Gasteiger partial charge in [0, 0.05) is 36.0 Å². The van der Waals surface area contributed by atoms with Crippen LogP contribution in [0.3, 0.4) is 0 Å². The Morgan fingerprint density at radius 3 is 2.41 bits per heavy atom. The van der Waals surface area contributed by atoms with E-state index in [-0.39, 0.29) is 42.1 Å². The van der Waals surface area contributed by atoms with Gasteiger partial charge in [0.15, 0.2) is 0 Å². The summed E-state index contributed by atoms with van der Waals surface area (Å²) in [5.74, 6) is 1.61. The number of hydrogen-bond donors (Lipinski definition) is 2. The first-order valence-corrected chi connectivity index (χ1v) is 19.5. The molecule has 6 unspecified atom stereocenters. The molecule has 2 aliphatic carbocycles. The van der Waals surface area contributed by atoms with Crippen LogP contribution in [-0.2, 0) is 9.57 Å². The number of aliphatic hydroxyl groups excluding tert-OH is 2. The third-order valence-electron chi connectivity index (χ3n) is 10.7. The summed E-state index contributed by atoms with van der Waals surface area (Å²) in [6.07, 6.45) is 10.0. The van der Waals surface area contributed by atoms with Gasteiger partial charge in [-0.3, -0.25) is 0 Å². The van der Waals surface area contributed by atoms with Gasteiger partial charge >= 0.3 is 0 Å². The molecule has 3 aromatic rings. The van der Waals surface area contributed by atoms with Crippen molar-refractivity contribution in [3.63, 3.8) is 0 Å². The van der Waals surface area contributed by atoms with Crippen molar-refractivity contribution in [1.82, 2.24) is 0 Å². The Kier molecular flexibility index (Phi) is 12.6. The molecule has 51 heavy (non-hydrogen) atoms. The van der Waals surface area contributed by atoms with Gasteiger partial charge in [-0.1, -0.05) is 54.4 Å². The van der Waals surface area contributed by atoms with Crippen LogP contribution in [0.5, 0.6) is 17.2 Å². The lowest BCUT2D eigenvalue weighted by atomic mass is 9.56. The fraction of sp³-hybridized carbons (Fsp3) is 0.465. The number of allylic oxidation sites excluding steroid dienone is 1. The highest BCUT2D eigenvalue weighted by Crippen LogP contribution is 2.63. The van der Waals surface area contributed by atoms with Crippen molar-refractivity contribution in [1.29, 1.82) is 0 Å². The summed E-state index contributed by atoms with van der Waals surface area (Å²) in [4.78, 5) is 6.96. The van der Waals surface area contributed by atoms with Crippen LogP contribution >= 0.6 is 11.8 Å². The first-order valence-electron chi connectivity index (χ1n) is 18.6. The summed E-state index contributed by atoms with van der Waals surface area (Å²) in [7, 11) is 0. The minimum atomic E-state index is -1.02. The molecule has 0 bridgehead atoms. The average molecular weight is 712 g/mol. The van der Waals surface area contributed by atoms with E-state index in [2.05, 4.69) is 75.0 Å². The summed E-state index contributed by atoms with van der Waals surface area (Å²) in [5.41, 5.74) is 5.57. The lowest BCUT2D eigenvalue weighted by Gasteiger charge is -2.58. The van der Waals surface area contributed by atoms with E-state index in [1.54, 1.807) is 17.8 Å². The lowest BCUT2D eigenvalue weighted by molar-refractivity contribution is -0.223. The van der Waals surface area contributed by atoms with Crippen LogP contribution in [0, 0.1) is 31.6 Å². The Labute approximate surface area is 307 Å². The second kappa shape index (κ2) is 17.3. The molecule has 0 amide bonds. The van der Waals surface area contributed by atoms with Gasteiger partial charge in [0.05, 0.1) is 23.5 Å². The van der Waals surface area contributed by atoms with E-state index in [4.69, 9.17) is 24.2 Å². The maximum Gasteiger partial charge on any atom is 0.231 e. The van der Waals surface area contributed by atoms with E-state index in [0.717, 1.165) is 77.5 Å². The Hall–Kier alpha value is -3.56. The van der Waals surface area contributed by atoms with Crippen LogP contribution in [0.4, 0.5) is 0 Å². The maximum atomic E-state index is 9.86. The predicted octanol–water partition coefficient (Wildman–Crippen LogP) is 9.54. The quantitative estimate of drug-likeness (QED) is 0.0819. The lowest BCUT2D eigenvalue weighted by Crippen LogP contribution is -2.64. The molecule has 272 valence electrons. The smallest absolute Gasteiger partial charge is 0.231 e. The highest BCUT2D eigenvalue weighted by atomic mass is 32.2. The second-order valence-corrected chi connectivity index (χ2v) is 15.2. The van der Waals surface area contributed by atoms with Crippen molar-refractivity contribution in [2.75, 3.05) is 26.4 Å². The Morgan fingerprint density at radius 2 is 1.69 bits per heavy atom. The van der Waals surface area contributed by atoms with Gasteiger partial charge in [0.2, 0.25) is 5.79 Å². The highest BCUT2D eigenvalue weighted by molar-refractivity contribution is 8.00. The largest absolute Gasteiger partial charge is 0.460 e. The van der Waals surface area contributed by atoms with Crippen molar-refractivity contribution in [2.45, 2.75) is 87.6 Å². The van der Waals surface area contributed by atoms with Gasteiger partial charge in [-0.2, -0.15) is 0 Å².